The monoisotopic (exact) mass is 210 g/mol. The molecular formula is C9H14N4O2. The summed E-state index contributed by atoms with van der Waals surface area (Å²) >= 11 is 0. The fourth-order valence-electron chi connectivity index (χ4n) is 1.47. The van der Waals surface area contributed by atoms with Gasteiger partial charge >= 0.3 is 6.03 Å². The van der Waals surface area contributed by atoms with Gasteiger partial charge in [-0.2, -0.15) is 5.10 Å². The third-order valence-corrected chi connectivity index (χ3v) is 2.32. The first kappa shape index (κ1) is 9.97. The molecule has 0 spiro atoms. The second kappa shape index (κ2) is 4.79. The first-order valence-electron chi connectivity index (χ1n) is 4.96. The van der Waals surface area contributed by atoms with E-state index in [1.54, 1.807) is 12.3 Å². The maximum atomic E-state index is 11.4. The summed E-state index contributed by atoms with van der Waals surface area (Å²) in [5.74, 6) is 1.03. The zero-order chi connectivity index (χ0) is 10.5. The van der Waals surface area contributed by atoms with Crippen molar-refractivity contribution in [2.75, 3.05) is 25.1 Å². The van der Waals surface area contributed by atoms with Crippen LogP contribution in [0.1, 0.15) is 6.42 Å². The molecule has 1 aromatic heterocycles. The molecule has 0 unspecified atom stereocenters. The fraction of sp³-hybridized carbons (Fsp3) is 0.556. The largest absolute Gasteiger partial charge is 0.381 e. The number of carbonyl (C=O) groups excluding carboxylic acids is 1. The smallest absolute Gasteiger partial charge is 0.320 e. The van der Waals surface area contributed by atoms with E-state index in [-0.39, 0.29) is 6.03 Å². The van der Waals surface area contributed by atoms with Crippen LogP contribution in [0.2, 0.25) is 0 Å². The van der Waals surface area contributed by atoms with E-state index in [2.05, 4.69) is 20.8 Å². The van der Waals surface area contributed by atoms with Gasteiger partial charge in [-0.3, -0.25) is 10.4 Å². The Balaban J connectivity index is 1.68. The van der Waals surface area contributed by atoms with Crippen molar-refractivity contribution < 1.29 is 9.53 Å². The molecule has 2 amide bonds. The second-order valence-electron chi connectivity index (χ2n) is 3.53. The molecule has 1 aliphatic heterocycles. The first-order chi connectivity index (χ1) is 7.34. The number of urea groups is 1. The lowest BCUT2D eigenvalue weighted by molar-refractivity contribution is 0.185. The van der Waals surface area contributed by atoms with Crippen LogP contribution in [0.15, 0.2) is 12.3 Å². The van der Waals surface area contributed by atoms with Gasteiger partial charge in [0.05, 0.1) is 12.8 Å². The normalized spacial score (nSPS) is 20.1. The van der Waals surface area contributed by atoms with Crippen LogP contribution in [-0.4, -0.2) is 36.0 Å². The molecular weight excluding hydrogens is 196 g/mol. The average Bonchev–Trinajstić information content (AvgIpc) is 2.86. The molecule has 0 aliphatic carbocycles. The summed E-state index contributed by atoms with van der Waals surface area (Å²) in [4.78, 5) is 11.4. The highest BCUT2D eigenvalue weighted by Crippen LogP contribution is 2.10. The minimum atomic E-state index is -0.217. The molecule has 1 aliphatic rings. The molecule has 0 radical (unpaired) electrons. The number of carbonyl (C=O) groups is 1. The number of amides is 2. The van der Waals surface area contributed by atoms with E-state index in [0.29, 0.717) is 18.3 Å². The predicted octanol–water partition coefficient (Wildman–Crippen LogP) is 0.568. The van der Waals surface area contributed by atoms with Crippen molar-refractivity contribution in [3.63, 3.8) is 0 Å². The molecule has 0 saturated carbocycles. The standard InChI is InChI=1S/C9H14N4O2/c14-9(12-8-1-3-11-13-8)10-5-7-2-4-15-6-7/h1,3,7H,2,4-6H2,(H3,10,11,12,13,14)/t7-/m0/s1. The van der Waals surface area contributed by atoms with Gasteiger partial charge in [0.1, 0.15) is 5.82 Å². The Morgan fingerprint density at radius 2 is 2.67 bits per heavy atom. The SMILES string of the molecule is O=C(NC[C@@H]1CCOC1)Nc1ccn[nH]1. The third-order valence-electron chi connectivity index (χ3n) is 2.32. The number of nitrogens with zero attached hydrogens (tertiary/aromatic N) is 1. The molecule has 6 nitrogen and oxygen atoms in total. The van der Waals surface area contributed by atoms with E-state index in [1.807, 2.05) is 0 Å². The quantitative estimate of drug-likeness (QED) is 0.682. The molecule has 15 heavy (non-hydrogen) atoms. The van der Waals surface area contributed by atoms with Gasteiger partial charge in [0.25, 0.3) is 0 Å². The van der Waals surface area contributed by atoms with Crippen LogP contribution in [-0.2, 0) is 4.74 Å². The van der Waals surface area contributed by atoms with E-state index < -0.39 is 0 Å². The van der Waals surface area contributed by atoms with Crippen molar-refractivity contribution in [1.82, 2.24) is 15.5 Å². The van der Waals surface area contributed by atoms with Gasteiger partial charge in [-0.1, -0.05) is 0 Å². The predicted molar refractivity (Wildman–Crippen MR) is 54.5 cm³/mol. The molecule has 1 fully saturated rings. The van der Waals surface area contributed by atoms with Crippen molar-refractivity contribution in [3.05, 3.63) is 12.3 Å². The molecule has 1 aromatic rings. The first-order valence-corrected chi connectivity index (χ1v) is 4.96. The van der Waals surface area contributed by atoms with E-state index in [4.69, 9.17) is 4.74 Å². The Kier molecular flexibility index (Phi) is 3.18. The number of anilines is 1. The van der Waals surface area contributed by atoms with Gasteiger partial charge in [0, 0.05) is 25.1 Å². The van der Waals surface area contributed by atoms with Crippen LogP contribution < -0.4 is 10.6 Å². The van der Waals surface area contributed by atoms with Crippen LogP contribution in [0.4, 0.5) is 10.6 Å². The highest BCUT2D eigenvalue weighted by atomic mass is 16.5. The van der Waals surface area contributed by atoms with Crippen LogP contribution in [0, 0.1) is 5.92 Å². The van der Waals surface area contributed by atoms with Gasteiger partial charge in [0.2, 0.25) is 0 Å². The lowest BCUT2D eigenvalue weighted by Gasteiger charge is -2.09. The summed E-state index contributed by atoms with van der Waals surface area (Å²) in [7, 11) is 0. The highest BCUT2D eigenvalue weighted by molar-refractivity contribution is 5.88. The molecule has 3 N–H and O–H groups in total. The van der Waals surface area contributed by atoms with Gasteiger partial charge in [0.15, 0.2) is 0 Å². The number of hydrogen-bond donors (Lipinski definition) is 3. The van der Waals surface area contributed by atoms with Crippen LogP contribution in [0.25, 0.3) is 0 Å². The topological polar surface area (TPSA) is 79.0 Å². The number of aromatic nitrogens is 2. The average molecular weight is 210 g/mol. The fourth-order valence-corrected chi connectivity index (χ4v) is 1.47. The lowest BCUT2D eigenvalue weighted by atomic mass is 10.1. The van der Waals surface area contributed by atoms with Gasteiger partial charge in [-0.05, 0) is 6.42 Å². The Labute approximate surface area is 87.4 Å². The zero-order valence-corrected chi connectivity index (χ0v) is 8.32. The Morgan fingerprint density at radius 3 is 3.33 bits per heavy atom. The molecule has 82 valence electrons. The lowest BCUT2D eigenvalue weighted by Crippen LogP contribution is -2.33. The zero-order valence-electron chi connectivity index (χ0n) is 8.32. The Bertz CT molecular complexity index is 306. The minimum absolute atomic E-state index is 0.217. The molecule has 0 bridgehead atoms. The third kappa shape index (κ3) is 2.95. The summed E-state index contributed by atoms with van der Waals surface area (Å²) in [6.07, 6.45) is 2.60. The van der Waals surface area contributed by atoms with Gasteiger partial charge in [-0.25, -0.2) is 4.79 Å². The van der Waals surface area contributed by atoms with Gasteiger partial charge < -0.3 is 10.1 Å². The maximum absolute atomic E-state index is 11.4. The summed E-state index contributed by atoms with van der Waals surface area (Å²) in [6.45, 7) is 2.19. The number of aromatic amines is 1. The second-order valence-corrected chi connectivity index (χ2v) is 3.53. The summed E-state index contributed by atoms with van der Waals surface area (Å²) in [6, 6.07) is 1.48. The van der Waals surface area contributed by atoms with Crippen molar-refractivity contribution in [2.45, 2.75) is 6.42 Å². The molecule has 2 rings (SSSR count). The van der Waals surface area contributed by atoms with Crippen molar-refractivity contribution in [1.29, 1.82) is 0 Å². The van der Waals surface area contributed by atoms with E-state index in [1.165, 1.54) is 0 Å². The van der Waals surface area contributed by atoms with E-state index in [0.717, 1.165) is 19.6 Å². The highest BCUT2D eigenvalue weighted by Gasteiger charge is 2.16. The molecule has 2 heterocycles. The number of rotatable bonds is 3. The van der Waals surface area contributed by atoms with Crippen LogP contribution >= 0.6 is 0 Å². The van der Waals surface area contributed by atoms with Crippen LogP contribution in [0.3, 0.4) is 0 Å². The van der Waals surface area contributed by atoms with Crippen molar-refractivity contribution in [3.8, 4) is 0 Å². The van der Waals surface area contributed by atoms with Crippen molar-refractivity contribution in [2.24, 2.45) is 5.92 Å². The Morgan fingerprint density at radius 1 is 1.73 bits per heavy atom. The number of nitrogens with one attached hydrogen (secondary N) is 3. The minimum Gasteiger partial charge on any atom is -0.381 e. The molecule has 1 saturated heterocycles. The Hall–Kier alpha value is -1.56. The van der Waals surface area contributed by atoms with E-state index in [9.17, 15) is 4.79 Å². The summed E-state index contributed by atoms with van der Waals surface area (Å²) in [5.41, 5.74) is 0. The molecule has 6 heteroatoms. The summed E-state index contributed by atoms with van der Waals surface area (Å²) in [5, 5.41) is 11.8. The van der Waals surface area contributed by atoms with E-state index >= 15 is 0 Å². The maximum Gasteiger partial charge on any atom is 0.320 e. The molecule has 1 atom stereocenters. The van der Waals surface area contributed by atoms with Gasteiger partial charge in [-0.15, -0.1) is 0 Å². The van der Waals surface area contributed by atoms with Crippen molar-refractivity contribution >= 4 is 11.8 Å². The number of ether oxygens (including phenoxy) is 1. The number of H-pyrrole nitrogens is 1. The number of hydrogen-bond acceptors (Lipinski definition) is 3. The molecule has 0 aromatic carbocycles. The summed E-state index contributed by atoms with van der Waals surface area (Å²) < 4.78 is 5.21. The van der Waals surface area contributed by atoms with Crippen LogP contribution in [0.5, 0.6) is 0 Å².